The molecule has 2 aromatic rings. The van der Waals surface area contributed by atoms with Crippen LogP contribution in [0.4, 0.5) is 4.39 Å². The summed E-state index contributed by atoms with van der Waals surface area (Å²) < 4.78 is 13.8. The molecule has 3 nitrogen and oxygen atoms in total. The molecule has 122 valence electrons. The van der Waals surface area contributed by atoms with Crippen molar-refractivity contribution in [3.8, 4) is 0 Å². The summed E-state index contributed by atoms with van der Waals surface area (Å²) in [7, 11) is 0. The Labute approximate surface area is 141 Å². The smallest absolute Gasteiger partial charge is 0.254 e. The van der Waals surface area contributed by atoms with Gasteiger partial charge in [-0.15, -0.1) is 12.4 Å². The largest absolute Gasteiger partial charge is 0.350 e. The zero-order valence-corrected chi connectivity index (χ0v) is 13.8. The number of carbonyl (C=O) groups is 1. The van der Waals surface area contributed by atoms with Gasteiger partial charge in [0.05, 0.1) is 5.56 Å². The molecule has 0 fully saturated rings. The zero-order valence-electron chi connectivity index (χ0n) is 12.9. The molecule has 5 heteroatoms. The average molecular weight is 335 g/mol. The van der Waals surface area contributed by atoms with E-state index in [1.807, 2.05) is 12.1 Å². The monoisotopic (exact) mass is 334 g/mol. The standard InChI is InChI=1S/C18H19FN2O.ClH/c1-12-6-7-15(16(19)10-12)18(22)21-11-17-14-5-3-2-4-13(14)8-9-20-17;/h2-7,10,17,20H,8-9,11H2,1H3,(H,21,22);1H. The Morgan fingerprint density at radius 1 is 1.30 bits per heavy atom. The third-order valence-corrected chi connectivity index (χ3v) is 4.05. The molecule has 2 aromatic carbocycles. The van der Waals surface area contributed by atoms with Crippen molar-refractivity contribution in [1.29, 1.82) is 0 Å². The molecule has 23 heavy (non-hydrogen) atoms. The molecule has 0 saturated carbocycles. The Morgan fingerprint density at radius 2 is 2.09 bits per heavy atom. The van der Waals surface area contributed by atoms with Crippen LogP contribution in [0, 0.1) is 12.7 Å². The summed E-state index contributed by atoms with van der Waals surface area (Å²) in [5, 5.41) is 6.23. The molecule has 0 saturated heterocycles. The van der Waals surface area contributed by atoms with E-state index < -0.39 is 5.82 Å². The van der Waals surface area contributed by atoms with Gasteiger partial charge in [0, 0.05) is 12.6 Å². The van der Waals surface area contributed by atoms with E-state index in [0.717, 1.165) is 18.5 Å². The molecule has 3 rings (SSSR count). The van der Waals surface area contributed by atoms with Gasteiger partial charge in [0.2, 0.25) is 0 Å². The summed E-state index contributed by atoms with van der Waals surface area (Å²) in [5.74, 6) is -0.850. The quantitative estimate of drug-likeness (QED) is 0.905. The normalized spacial score (nSPS) is 16.2. The van der Waals surface area contributed by atoms with Gasteiger partial charge in [0.15, 0.2) is 0 Å². The van der Waals surface area contributed by atoms with Crippen LogP contribution in [-0.2, 0) is 6.42 Å². The van der Waals surface area contributed by atoms with Crippen LogP contribution < -0.4 is 10.6 Å². The number of aryl methyl sites for hydroxylation is 1. The molecule has 0 radical (unpaired) electrons. The van der Waals surface area contributed by atoms with E-state index in [1.165, 1.54) is 23.3 Å². The number of halogens is 2. The molecule has 1 atom stereocenters. The topological polar surface area (TPSA) is 41.1 Å². The van der Waals surface area contributed by atoms with Gasteiger partial charge < -0.3 is 10.6 Å². The zero-order chi connectivity index (χ0) is 15.5. The number of fused-ring (bicyclic) bond motifs is 1. The predicted octanol–water partition coefficient (Wildman–Crippen LogP) is 3.17. The Hall–Kier alpha value is -1.91. The van der Waals surface area contributed by atoms with Gasteiger partial charge in [-0.2, -0.15) is 0 Å². The molecule has 1 amide bonds. The minimum atomic E-state index is -0.477. The van der Waals surface area contributed by atoms with Crippen LogP contribution in [0.3, 0.4) is 0 Å². The minimum absolute atomic E-state index is 0. The summed E-state index contributed by atoms with van der Waals surface area (Å²) in [6.45, 7) is 3.13. The first-order valence-corrected chi connectivity index (χ1v) is 7.50. The molecular weight excluding hydrogens is 315 g/mol. The van der Waals surface area contributed by atoms with E-state index in [9.17, 15) is 9.18 Å². The van der Waals surface area contributed by atoms with E-state index in [1.54, 1.807) is 13.0 Å². The van der Waals surface area contributed by atoms with Gasteiger partial charge in [-0.1, -0.05) is 30.3 Å². The van der Waals surface area contributed by atoms with Gasteiger partial charge in [-0.25, -0.2) is 4.39 Å². The van der Waals surface area contributed by atoms with Crippen molar-refractivity contribution in [2.75, 3.05) is 13.1 Å². The Bertz CT molecular complexity index is 705. The summed E-state index contributed by atoms with van der Waals surface area (Å²) in [6, 6.07) is 12.9. The lowest BCUT2D eigenvalue weighted by Gasteiger charge is -2.27. The van der Waals surface area contributed by atoms with Gasteiger partial charge in [0.1, 0.15) is 5.82 Å². The van der Waals surface area contributed by atoms with E-state index in [2.05, 4.69) is 22.8 Å². The summed E-state index contributed by atoms with van der Waals surface area (Å²) in [5.41, 5.74) is 3.41. The fourth-order valence-electron chi connectivity index (χ4n) is 2.87. The van der Waals surface area contributed by atoms with Gasteiger partial charge in [-0.3, -0.25) is 4.79 Å². The van der Waals surface area contributed by atoms with Gasteiger partial charge in [0.25, 0.3) is 5.91 Å². The number of hydrogen-bond donors (Lipinski definition) is 2. The first-order chi connectivity index (χ1) is 10.6. The van der Waals surface area contributed by atoms with Gasteiger partial charge >= 0.3 is 0 Å². The van der Waals surface area contributed by atoms with Crippen molar-refractivity contribution in [3.05, 3.63) is 70.5 Å². The van der Waals surface area contributed by atoms with Crippen molar-refractivity contribution in [2.45, 2.75) is 19.4 Å². The lowest BCUT2D eigenvalue weighted by Crippen LogP contribution is -2.39. The van der Waals surface area contributed by atoms with Crippen LogP contribution in [0.5, 0.6) is 0 Å². The second-order valence-electron chi connectivity index (χ2n) is 5.65. The van der Waals surface area contributed by atoms with Crippen LogP contribution in [0.1, 0.15) is 33.1 Å². The molecule has 2 N–H and O–H groups in total. The number of nitrogens with one attached hydrogen (secondary N) is 2. The van der Waals surface area contributed by atoms with E-state index in [4.69, 9.17) is 0 Å². The Morgan fingerprint density at radius 3 is 2.87 bits per heavy atom. The third kappa shape index (κ3) is 3.89. The highest BCUT2D eigenvalue weighted by atomic mass is 35.5. The van der Waals surface area contributed by atoms with Crippen LogP contribution in [0.2, 0.25) is 0 Å². The highest BCUT2D eigenvalue weighted by Gasteiger charge is 2.20. The van der Waals surface area contributed by atoms with Crippen molar-refractivity contribution in [3.63, 3.8) is 0 Å². The maximum absolute atomic E-state index is 13.8. The fourth-order valence-corrected chi connectivity index (χ4v) is 2.87. The SMILES string of the molecule is Cc1ccc(C(=O)NCC2NCCc3ccccc32)c(F)c1.Cl. The molecule has 0 spiro atoms. The van der Waals surface area contributed by atoms with E-state index >= 15 is 0 Å². The number of rotatable bonds is 3. The van der Waals surface area contributed by atoms with Crippen LogP contribution >= 0.6 is 12.4 Å². The average Bonchev–Trinajstić information content (AvgIpc) is 2.52. The molecule has 0 aromatic heterocycles. The summed E-state index contributed by atoms with van der Waals surface area (Å²) in [6.07, 6.45) is 0.993. The highest BCUT2D eigenvalue weighted by Crippen LogP contribution is 2.22. The summed E-state index contributed by atoms with van der Waals surface area (Å²) in [4.78, 5) is 12.2. The maximum atomic E-state index is 13.8. The number of carbonyl (C=O) groups excluding carboxylic acids is 1. The van der Waals surface area contributed by atoms with Crippen LogP contribution in [0.15, 0.2) is 42.5 Å². The lowest BCUT2D eigenvalue weighted by molar-refractivity contribution is 0.0945. The summed E-state index contributed by atoms with van der Waals surface area (Å²) >= 11 is 0. The molecule has 1 aliphatic rings. The molecule has 0 bridgehead atoms. The Balaban J connectivity index is 0.00000192. The minimum Gasteiger partial charge on any atom is -0.350 e. The number of benzene rings is 2. The second-order valence-corrected chi connectivity index (χ2v) is 5.65. The van der Waals surface area contributed by atoms with E-state index in [0.29, 0.717) is 6.54 Å². The Kier molecular flexibility index (Phi) is 5.74. The van der Waals surface area contributed by atoms with E-state index in [-0.39, 0.29) is 29.9 Å². The van der Waals surface area contributed by atoms with Crippen LogP contribution in [-0.4, -0.2) is 19.0 Å². The second kappa shape index (κ2) is 7.57. The molecule has 1 aliphatic heterocycles. The molecule has 1 heterocycles. The number of hydrogen-bond acceptors (Lipinski definition) is 2. The molecule has 1 unspecified atom stereocenters. The predicted molar refractivity (Wildman–Crippen MR) is 91.6 cm³/mol. The van der Waals surface area contributed by atoms with Crippen molar-refractivity contribution in [2.24, 2.45) is 0 Å². The first kappa shape index (κ1) is 17.4. The first-order valence-electron chi connectivity index (χ1n) is 7.50. The van der Waals surface area contributed by atoms with Crippen LogP contribution in [0.25, 0.3) is 0 Å². The highest BCUT2D eigenvalue weighted by molar-refractivity contribution is 5.94. The lowest BCUT2D eigenvalue weighted by atomic mass is 9.94. The third-order valence-electron chi connectivity index (χ3n) is 4.05. The molecule has 0 aliphatic carbocycles. The van der Waals surface area contributed by atoms with Gasteiger partial charge in [-0.05, 0) is 48.7 Å². The number of amides is 1. The van der Waals surface area contributed by atoms with Crippen molar-refractivity contribution < 1.29 is 9.18 Å². The maximum Gasteiger partial charge on any atom is 0.254 e. The van der Waals surface area contributed by atoms with Crippen molar-refractivity contribution >= 4 is 18.3 Å². The van der Waals surface area contributed by atoms with Crippen molar-refractivity contribution in [1.82, 2.24) is 10.6 Å². The molecular formula is C18H20ClFN2O. The fraction of sp³-hybridized carbons (Fsp3) is 0.278.